The molecule has 126 valence electrons. The maximum absolute atomic E-state index is 13.8. The number of aliphatic hydroxyl groups is 1. The van der Waals surface area contributed by atoms with E-state index in [-0.39, 0.29) is 18.6 Å². The van der Waals surface area contributed by atoms with Crippen molar-refractivity contribution in [1.82, 2.24) is 0 Å². The number of hydrogen-bond donors (Lipinski definition) is 2. The van der Waals surface area contributed by atoms with Crippen LogP contribution in [0.2, 0.25) is 0 Å². The second kappa shape index (κ2) is 6.41. The maximum Gasteiger partial charge on any atom is 0.416 e. The number of alkyl halides is 6. The Hall–Kier alpha value is -1.35. The molecule has 0 aromatic heterocycles. The highest BCUT2D eigenvalue weighted by Gasteiger charge is 2.41. The van der Waals surface area contributed by atoms with Gasteiger partial charge >= 0.3 is 12.4 Å². The third-order valence-electron chi connectivity index (χ3n) is 3.09. The summed E-state index contributed by atoms with van der Waals surface area (Å²) in [5.41, 5.74) is 0.649. The first-order valence-electron chi connectivity index (χ1n) is 6.31. The van der Waals surface area contributed by atoms with E-state index in [1.165, 1.54) is 0 Å². The van der Waals surface area contributed by atoms with Gasteiger partial charge in [-0.3, -0.25) is 0 Å². The highest BCUT2D eigenvalue weighted by atomic mass is 19.4. The summed E-state index contributed by atoms with van der Waals surface area (Å²) in [6.45, 7) is 1.61. The van der Waals surface area contributed by atoms with Crippen LogP contribution in [0.25, 0.3) is 0 Å². The van der Waals surface area contributed by atoms with Crippen LogP contribution in [0, 0.1) is 5.82 Å². The summed E-state index contributed by atoms with van der Waals surface area (Å²) in [5, 5.41) is 9.63. The van der Waals surface area contributed by atoms with Gasteiger partial charge in [-0.05, 0) is 18.6 Å². The molecule has 1 aromatic carbocycles. The van der Waals surface area contributed by atoms with Crippen LogP contribution in [0.4, 0.5) is 30.7 Å². The van der Waals surface area contributed by atoms with Gasteiger partial charge in [0.2, 0.25) is 0 Å². The molecular weight excluding hydrogens is 319 g/mol. The fraction of sp³-hybridized carbons (Fsp3) is 0.538. The van der Waals surface area contributed by atoms with Crippen LogP contribution in [0.5, 0.6) is 0 Å². The Balaban J connectivity index is 3.50. The van der Waals surface area contributed by atoms with Crippen LogP contribution >= 0.6 is 0 Å². The first-order chi connectivity index (χ1) is 9.89. The van der Waals surface area contributed by atoms with Crippen LogP contribution in [-0.4, -0.2) is 11.2 Å². The molecule has 0 radical (unpaired) electrons. The van der Waals surface area contributed by atoms with E-state index < -0.39 is 47.0 Å². The fourth-order valence-electron chi connectivity index (χ4n) is 2.02. The van der Waals surface area contributed by atoms with Crippen LogP contribution in [0.1, 0.15) is 42.5 Å². The van der Waals surface area contributed by atoms with E-state index in [9.17, 15) is 35.8 Å². The lowest BCUT2D eigenvalue weighted by atomic mass is 9.92. The van der Waals surface area contributed by atoms with E-state index in [4.69, 9.17) is 5.73 Å². The summed E-state index contributed by atoms with van der Waals surface area (Å²) >= 11 is 0. The van der Waals surface area contributed by atoms with Gasteiger partial charge in [-0.15, -0.1) is 0 Å². The fourth-order valence-corrected chi connectivity index (χ4v) is 2.02. The molecule has 0 fully saturated rings. The number of aliphatic hydroxyl groups excluding tert-OH is 1. The van der Waals surface area contributed by atoms with Gasteiger partial charge in [0.25, 0.3) is 0 Å². The van der Waals surface area contributed by atoms with Crippen molar-refractivity contribution >= 4 is 0 Å². The third kappa shape index (κ3) is 4.10. The second-order valence-corrected chi connectivity index (χ2v) is 4.80. The van der Waals surface area contributed by atoms with E-state index in [2.05, 4.69) is 0 Å². The predicted molar refractivity (Wildman–Crippen MR) is 64.2 cm³/mol. The summed E-state index contributed by atoms with van der Waals surface area (Å²) in [4.78, 5) is 0. The number of hydrogen-bond acceptors (Lipinski definition) is 2. The maximum atomic E-state index is 13.8. The molecule has 0 saturated heterocycles. The predicted octanol–water partition coefficient (Wildman–Crippen LogP) is 4.02. The Kier molecular flexibility index (Phi) is 5.45. The van der Waals surface area contributed by atoms with Crippen molar-refractivity contribution in [1.29, 1.82) is 0 Å². The normalized spacial score (nSPS) is 15.7. The first-order valence-corrected chi connectivity index (χ1v) is 6.31. The number of benzene rings is 1. The Morgan fingerprint density at radius 2 is 1.64 bits per heavy atom. The molecule has 0 heterocycles. The molecular formula is C13H14F7NO. The highest BCUT2D eigenvalue weighted by molar-refractivity contribution is 5.39. The van der Waals surface area contributed by atoms with E-state index in [1.54, 1.807) is 6.92 Å². The van der Waals surface area contributed by atoms with Crippen molar-refractivity contribution in [2.24, 2.45) is 5.73 Å². The van der Waals surface area contributed by atoms with Gasteiger partial charge in [0.15, 0.2) is 0 Å². The number of rotatable bonds is 4. The van der Waals surface area contributed by atoms with Gasteiger partial charge in [-0.1, -0.05) is 13.3 Å². The minimum Gasteiger partial charge on any atom is -0.391 e. The minimum atomic E-state index is -5.24. The molecule has 0 spiro atoms. The molecule has 2 atom stereocenters. The van der Waals surface area contributed by atoms with Crippen LogP contribution in [0.15, 0.2) is 12.1 Å². The zero-order chi connectivity index (χ0) is 17.3. The first kappa shape index (κ1) is 18.7. The Bertz CT molecular complexity index is 524. The van der Waals surface area contributed by atoms with Gasteiger partial charge < -0.3 is 10.8 Å². The lowest BCUT2D eigenvalue weighted by Gasteiger charge is -2.24. The molecule has 2 nitrogen and oxygen atoms in total. The van der Waals surface area contributed by atoms with Crippen molar-refractivity contribution in [2.45, 2.75) is 44.3 Å². The highest BCUT2D eigenvalue weighted by Crippen LogP contribution is 2.40. The zero-order valence-electron chi connectivity index (χ0n) is 11.4. The van der Waals surface area contributed by atoms with Crippen molar-refractivity contribution in [2.75, 3.05) is 0 Å². The monoisotopic (exact) mass is 333 g/mol. The zero-order valence-corrected chi connectivity index (χ0v) is 11.4. The summed E-state index contributed by atoms with van der Waals surface area (Å²) < 4.78 is 90.2. The molecule has 0 saturated carbocycles. The Morgan fingerprint density at radius 1 is 1.09 bits per heavy atom. The quantitative estimate of drug-likeness (QED) is 0.818. The van der Waals surface area contributed by atoms with E-state index >= 15 is 0 Å². The molecule has 0 unspecified atom stereocenters. The molecule has 0 bridgehead atoms. The molecule has 0 aliphatic heterocycles. The summed E-state index contributed by atoms with van der Waals surface area (Å²) in [6.07, 6.45) is -11.5. The van der Waals surface area contributed by atoms with Gasteiger partial charge in [0.1, 0.15) is 5.82 Å². The van der Waals surface area contributed by atoms with Crippen molar-refractivity contribution < 1.29 is 35.8 Å². The number of nitrogens with two attached hydrogens (primary N) is 1. The van der Waals surface area contributed by atoms with Crippen molar-refractivity contribution in [3.63, 3.8) is 0 Å². The van der Waals surface area contributed by atoms with E-state index in [0.717, 1.165) is 0 Å². The molecule has 0 amide bonds. The lowest BCUT2D eigenvalue weighted by molar-refractivity contribution is -0.144. The van der Waals surface area contributed by atoms with Crippen molar-refractivity contribution in [3.8, 4) is 0 Å². The van der Waals surface area contributed by atoms with Gasteiger partial charge in [-0.2, -0.15) is 26.3 Å². The van der Waals surface area contributed by atoms with Crippen LogP contribution in [0.3, 0.4) is 0 Å². The van der Waals surface area contributed by atoms with Crippen LogP contribution in [-0.2, 0) is 12.4 Å². The molecule has 1 aromatic rings. The molecule has 1 rings (SSSR count). The number of halogens is 7. The van der Waals surface area contributed by atoms with Crippen LogP contribution < -0.4 is 5.73 Å². The van der Waals surface area contributed by atoms with Gasteiger partial charge in [0.05, 0.1) is 23.3 Å². The summed E-state index contributed by atoms with van der Waals surface area (Å²) in [5.74, 6) is -1.75. The average Bonchev–Trinajstić information content (AvgIpc) is 2.35. The Labute approximate surface area is 121 Å². The second-order valence-electron chi connectivity index (χ2n) is 4.80. The topological polar surface area (TPSA) is 46.2 Å². The van der Waals surface area contributed by atoms with E-state index in [1.807, 2.05) is 0 Å². The Morgan fingerprint density at radius 3 is 2.05 bits per heavy atom. The average molecular weight is 333 g/mol. The van der Waals surface area contributed by atoms with Gasteiger partial charge in [0, 0.05) is 5.56 Å². The lowest BCUT2D eigenvalue weighted by Crippen LogP contribution is -2.30. The SMILES string of the molecule is CCC[C@H](O)[C@H](N)c1c(F)cc(C(F)(F)F)cc1C(F)(F)F. The minimum absolute atomic E-state index is 0.0150. The van der Waals surface area contributed by atoms with E-state index in [0.29, 0.717) is 6.42 Å². The molecule has 9 heteroatoms. The smallest absolute Gasteiger partial charge is 0.391 e. The van der Waals surface area contributed by atoms with Gasteiger partial charge in [-0.25, -0.2) is 4.39 Å². The van der Waals surface area contributed by atoms with Crippen molar-refractivity contribution in [3.05, 3.63) is 34.6 Å². The molecule has 3 N–H and O–H groups in total. The molecule has 0 aliphatic carbocycles. The largest absolute Gasteiger partial charge is 0.416 e. The summed E-state index contributed by atoms with van der Waals surface area (Å²) in [6, 6.07) is -2.03. The molecule has 0 aliphatic rings. The summed E-state index contributed by atoms with van der Waals surface area (Å²) in [7, 11) is 0. The molecule has 22 heavy (non-hydrogen) atoms. The standard InChI is InChI=1S/C13H14F7NO/c1-2-3-9(22)11(21)10-7(13(18,19)20)4-6(5-8(10)14)12(15,16)17/h4-5,9,11,22H,2-3,21H2,1H3/t9-,11-/m0/s1. The third-order valence-corrected chi connectivity index (χ3v) is 3.09.